The van der Waals surface area contributed by atoms with Crippen molar-refractivity contribution in [1.82, 2.24) is 0 Å². The van der Waals surface area contributed by atoms with E-state index in [9.17, 15) is 4.79 Å². The van der Waals surface area contributed by atoms with Gasteiger partial charge in [0, 0.05) is 5.56 Å². The molecule has 0 fully saturated rings. The van der Waals surface area contributed by atoms with Gasteiger partial charge in [0.05, 0.1) is 12.7 Å². The lowest BCUT2D eigenvalue weighted by Gasteiger charge is -2.13. The summed E-state index contributed by atoms with van der Waals surface area (Å²) in [6.07, 6.45) is 0.877. The Kier molecular flexibility index (Phi) is 4.82. The molecule has 1 N–H and O–H groups in total. The van der Waals surface area contributed by atoms with Gasteiger partial charge >= 0.3 is 5.97 Å². The van der Waals surface area contributed by atoms with E-state index in [4.69, 9.17) is 14.6 Å². The third-order valence-corrected chi connectivity index (χ3v) is 3.26. The van der Waals surface area contributed by atoms with E-state index in [1.807, 2.05) is 24.3 Å². The molecule has 4 heteroatoms. The van der Waals surface area contributed by atoms with Crippen molar-refractivity contribution in [2.75, 3.05) is 7.11 Å². The summed E-state index contributed by atoms with van der Waals surface area (Å²) < 4.78 is 11.1. The fraction of sp³-hybridized carbons (Fsp3) is 0.235. The van der Waals surface area contributed by atoms with Crippen molar-refractivity contribution in [1.29, 1.82) is 0 Å². The number of rotatable bonds is 6. The topological polar surface area (TPSA) is 55.8 Å². The molecule has 110 valence electrons. The molecular weight excluding hydrogens is 268 g/mol. The van der Waals surface area contributed by atoms with E-state index >= 15 is 0 Å². The fourth-order valence-corrected chi connectivity index (χ4v) is 2.12. The number of carboxylic acids is 1. The van der Waals surface area contributed by atoms with Crippen molar-refractivity contribution < 1.29 is 19.4 Å². The Balaban J connectivity index is 2.22. The number of ether oxygens (including phenoxy) is 2. The van der Waals surface area contributed by atoms with Crippen LogP contribution in [0.1, 0.15) is 28.4 Å². The molecule has 0 amide bonds. The summed E-state index contributed by atoms with van der Waals surface area (Å²) in [6, 6.07) is 12.6. The van der Waals surface area contributed by atoms with Gasteiger partial charge in [0.1, 0.15) is 18.1 Å². The smallest absolute Gasteiger partial charge is 0.335 e. The molecule has 21 heavy (non-hydrogen) atoms. The van der Waals surface area contributed by atoms with E-state index in [0.29, 0.717) is 11.3 Å². The quantitative estimate of drug-likeness (QED) is 0.882. The second-order valence-corrected chi connectivity index (χ2v) is 4.58. The summed E-state index contributed by atoms with van der Waals surface area (Å²) in [5, 5.41) is 9.06. The summed E-state index contributed by atoms with van der Waals surface area (Å²) in [4.78, 5) is 11.0. The Morgan fingerprint density at radius 3 is 2.52 bits per heavy atom. The van der Waals surface area contributed by atoms with Gasteiger partial charge in [-0.3, -0.25) is 0 Å². The van der Waals surface area contributed by atoms with Crippen LogP contribution in [0.25, 0.3) is 0 Å². The first-order valence-electron chi connectivity index (χ1n) is 6.76. The molecule has 0 radical (unpaired) electrons. The van der Waals surface area contributed by atoms with Crippen molar-refractivity contribution in [3.05, 3.63) is 59.2 Å². The molecule has 0 aliphatic heterocycles. The van der Waals surface area contributed by atoms with Crippen molar-refractivity contribution >= 4 is 5.97 Å². The van der Waals surface area contributed by atoms with Crippen molar-refractivity contribution in [2.24, 2.45) is 0 Å². The van der Waals surface area contributed by atoms with Gasteiger partial charge in [0.2, 0.25) is 0 Å². The molecule has 0 heterocycles. The van der Waals surface area contributed by atoms with Gasteiger partial charge in [0.15, 0.2) is 0 Å². The van der Waals surface area contributed by atoms with Gasteiger partial charge in [0.25, 0.3) is 0 Å². The van der Waals surface area contributed by atoms with Crippen LogP contribution in [-0.2, 0) is 13.0 Å². The Morgan fingerprint density at radius 1 is 1.10 bits per heavy atom. The van der Waals surface area contributed by atoms with E-state index in [1.165, 1.54) is 6.07 Å². The second kappa shape index (κ2) is 6.79. The predicted octanol–water partition coefficient (Wildman–Crippen LogP) is 3.53. The van der Waals surface area contributed by atoms with Gasteiger partial charge < -0.3 is 14.6 Å². The van der Waals surface area contributed by atoms with Crippen LogP contribution < -0.4 is 9.47 Å². The molecule has 4 nitrogen and oxygen atoms in total. The van der Waals surface area contributed by atoms with Crippen LogP contribution >= 0.6 is 0 Å². The van der Waals surface area contributed by atoms with Crippen molar-refractivity contribution in [3.8, 4) is 11.5 Å². The molecule has 2 rings (SSSR count). The van der Waals surface area contributed by atoms with Crippen LogP contribution in [0.2, 0.25) is 0 Å². The molecule has 0 unspecified atom stereocenters. The second-order valence-electron chi connectivity index (χ2n) is 4.58. The highest BCUT2D eigenvalue weighted by atomic mass is 16.5. The minimum atomic E-state index is -0.965. The molecule has 2 aromatic carbocycles. The number of aromatic carboxylic acids is 1. The first-order chi connectivity index (χ1) is 10.2. The fourth-order valence-electron chi connectivity index (χ4n) is 2.12. The maximum atomic E-state index is 11.0. The molecule has 0 aromatic heterocycles. The van der Waals surface area contributed by atoms with Crippen LogP contribution in [-0.4, -0.2) is 18.2 Å². The lowest BCUT2D eigenvalue weighted by Crippen LogP contribution is -2.04. The zero-order chi connectivity index (χ0) is 15.2. The highest BCUT2D eigenvalue weighted by Crippen LogP contribution is 2.24. The van der Waals surface area contributed by atoms with Gasteiger partial charge in [-0.15, -0.1) is 0 Å². The van der Waals surface area contributed by atoms with Crippen LogP contribution in [0.3, 0.4) is 0 Å². The van der Waals surface area contributed by atoms with Crippen molar-refractivity contribution in [2.45, 2.75) is 20.0 Å². The SMILES string of the molecule is CCc1ccccc1OCc1cc(C(=O)O)ccc1OC. The van der Waals surface area contributed by atoms with Crippen molar-refractivity contribution in [3.63, 3.8) is 0 Å². The van der Waals surface area contributed by atoms with Crippen LogP contribution in [0.15, 0.2) is 42.5 Å². The monoisotopic (exact) mass is 286 g/mol. The normalized spacial score (nSPS) is 10.2. The Labute approximate surface area is 123 Å². The summed E-state index contributed by atoms with van der Waals surface area (Å²) >= 11 is 0. The number of aryl methyl sites for hydroxylation is 1. The predicted molar refractivity (Wildman–Crippen MR) is 80.1 cm³/mol. The van der Waals surface area contributed by atoms with Gasteiger partial charge in [-0.1, -0.05) is 25.1 Å². The zero-order valence-corrected chi connectivity index (χ0v) is 12.1. The average molecular weight is 286 g/mol. The zero-order valence-electron chi connectivity index (χ0n) is 12.1. The molecule has 2 aromatic rings. The number of hydrogen-bond donors (Lipinski definition) is 1. The number of methoxy groups -OCH3 is 1. The number of hydrogen-bond acceptors (Lipinski definition) is 3. The average Bonchev–Trinajstić information content (AvgIpc) is 2.52. The lowest BCUT2D eigenvalue weighted by atomic mass is 10.1. The molecular formula is C17H18O4. The van der Waals surface area contributed by atoms with Gasteiger partial charge in [-0.25, -0.2) is 4.79 Å². The van der Waals surface area contributed by atoms with Crippen LogP contribution in [0.4, 0.5) is 0 Å². The highest BCUT2D eigenvalue weighted by Gasteiger charge is 2.10. The molecule has 0 saturated carbocycles. The minimum absolute atomic E-state index is 0.221. The number of carboxylic acid groups (broad SMARTS) is 1. The molecule has 0 saturated heterocycles. The molecule has 0 aliphatic rings. The number of carbonyl (C=O) groups is 1. The Hall–Kier alpha value is -2.49. The maximum absolute atomic E-state index is 11.0. The first kappa shape index (κ1) is 14.9. The molecule has 0 aliphatic carbocycles. The standard InChI is InChI=1S/C17H18O4/c1-3-12-6-4-5-7-16(12)21-11-14-10-13(17(18)19)8-9-15(14)20-2/h4-10H,3,11H2,1-2H3,(H,18,19). The van der Waals surface area contributed by atoms with E-state index in [-0.39, 0.29) is 12.2 Å². The Morgan fingerprint density at radius 2 is 1.86 bits per heavy atom. The summed E-state index contributed by atoms with van der Waals surface area (Å²) in [5.74, 6) is 0.463. The molecule has 0 atom stereocenters. The van der Waals surface area contributed by atoms with Crippen LogP contribution in [0.5, 0.6) is 11.5 Å². The van der Waals surface area contributed by atoms with Crippen LogP contribution in [0, 0.1) is 0 Å². The number of benzene rings is 2. The summed E-state index contributed by atoms with van der Waals surface area (Å²) in [5.41, 5.74) is 2.05. The third kappa shape index (κ3) is 3.54. The summed E-state index contributed by atoms with van der Waals surface area (Å²) in [6.45, 7) is 2.33. The molecule has 0 spiro atoms. The van der Waals surface area contributed by atoms with Gasteiger partial charge in [-0.2, -0.15) is 0 Å². The van der Waals surface area contributed by atoms with E-state index in [2.05, 4.69) is 6.92 Å². The lowest BCUT2D eigenvalue weighted by molar-refractivity contribution is 0.0696. The van der Waals surface area contributed by atoms with E-state index < -0.39 is 5.97 Å². The Bertz CT molecular complexity index is 634. The maximum Gasteiger partial charge on any atom is 0.335 e. The summed E-state index contributed by atoms with van der Waals surface area (Å²) in [7, 11) is 1.55. The minimum Gasteiger partial charge on any atom is -0.496 e. The van der Waals surface area contributed by atoms with E-state index in [0.717, 1.165) is 17.7 Å². The highest BCUT2D eigenvalue weighted by molar-refractivity contribution is 5.88. The number of para-hydroxylation sites is 1. The first-order valence-corrected chi connectivity index (χ1v) is 6.76. The molecule has 0 bridgehead atoms. The third-order valence-electron chi connectivity index (χ3n) is 3.26. The van der Waals surface area contributed by atoms with Gasteiger partial charge in [-0.05, 0) is 36.2 Å². The van der Waals surface area contributed by atoms with E-state index in [1.54, 1.807) is 19.2 Å². The largest absolute Gasteiger partial charge is 0.496 e.